The fourth-order valence-electron chi connectivity index (χ4n) is 8.55. The van der Waals surface area contributed by atoms with E-state index in [9.17, 15) is 136 Å². The van der Waals surface area contributed by atoms with Crippen LogP contribution in [0.25, 0.3) is 0 Å². The summed E-state index contributed by atoms with van der Waals surface area (Å²) < 4.78 is 281. The predicted octanol–water partition coefficient (Wildman–Crippen LogP) is 13.6. The van der Waals surface area contributed by atoms with E-state index in [1.807, 2.05) is 28.7 Å². The van der Waals surface area contributed by atoms with Gasteiger partial charge in [0.25, 0.3) is 0 Å². The molecule has 11 N–H and O–H groups in total. The number of hydrogen-bond acceptors (Lipinski definition) is 25. The van der Waals surface area contributed by atoms with E-state index in [1.165, 1.54) is 31.4 Å². The van der Waals surface area contributed by atoms with E-state index in [0.717, 1.165) is 98.4 Å². The summed E-state index contributed by atoms with van der Waals surface area (Å²) in [5.41, 5.74) is -0.785. The van der Waals surface area contributed by atoms with E-state index in [1.54, 1.807) is 86.6 Å². The van der Waals surface area contributed by atoms with Gasteiger partial charge in [-0.15, -0.1) is 12.4 Å². The third kappa shape index (κ3) is 60.3. The van der Waals surface area contributed by atoms with Gasteiger partial charge in [-0.05, 0) is 161 Å². The summed E-state index contributed by atoms with van der Waals surface area (Å²) in [6.07, 6.45) is -27.4. The van der Waals surface area contributed by atoms with E-state index in [-0.39, 0.29) is 105 Å². The van der Waals surface area contributed by atoms with Gasteiger partial charge in [-0.3, -0.25) is 43.5 Å². The molecule has 136 heavy (non-hydrogen) atoms. The first-order valence-corrected chi connectivity index (χ1v) is 38.9. The van der Waals surface area contributed by atoms with E-state index in [4.69, 9.17) is 47.8 Å². The molecule has 0 spiro atoms. The number of aromatic nitrogens is 6. The van der Waals surface area contributed by atoms with Crippen molar-refractivity contribution in [1.29, 1.82) is 0 Å². The van der Waals surface area contributed by atoms with E-state index in [0.29, 0.717) is 25.6 Å². The number of carboxylic acids is 3. The van der Waals surface area contributed by atoms with Crippen LogP contribution in [0, 0.1) is 0 Å². The van der Waals surface area contributed by atoms with Gasteiger partial charge in [0.1, 0.15) is 81.7 Å². The predicted molar refractivity (Wildman–Crippen MR) is 453 cm³/mol. The van der Waals surface area contributed by atoms with Crippen molar-refractivity contribution in [3.63, 3.8) is 0 Å². The van der Waals surface area contributed by atoms with E-state index < -0.39 is 193 Å². The molecule has 7 aromatic rings. The van der Waals surface area contributed by atoms with Gasteiger partial charge in [0.15, 0.2) is 12.2 Å². The molecule has 0 bridgehead atoms. The molecule has 0 fully saturated rings. The average Bonchev–Trinajstić information content (AvgIpc) is 0.835. The van der Waals surface area contributed by atoms with Crippen LogP contribution < -0.4 is 51.2 Å². The molecule has 0 aliphatic heterocycles. The summed E-state index contributed by atoms with van der Waals surface area (Å²) >= 11 is 4.97. The van der Waals surface area contributed by atoms with Gasteiger partial charge in [-0.25, -0.2) is 38.4 Å². The van der Waals surface area contributed by atoms with Gasteiger partial charge in [0.05, 0.1) is 31.3 Å². The Labute approximate surface area is 818 Å². The third-order valence-electron chi connectivity index (χ3n) is 14.4. The van der Waals surface area contributed by atoms with Crippen molar-refractivity contribution in [3.8, 4) is 0 Å². The molecule has 0 saturated carbocycles. The van der Waals surface area contributed by atoms with Crippen LogP contribution in [0.1, 0.15) is 140 Å². The number of halogens is 23. The first kappa shape index (κ1) is 132. The number of amides is 3. The summed E-state index contributed by atoms with van der Waals surface area (Å²) in [6, 6.07) is 16.5. The van der Waals surface area contributed by atoms with E-state index in [2.05, 4.69) is 71.3 Å². The number of methoxy groups -OCH3 is 2. The number of nitrogens with one attached hydrogen (secondary N) is 3. The van der Waals surface area contributed by atoms with Crippen molar-refractivity contribution in [2.24, 2.45) is 5.73 Å². The number of alkyl carbamates (subject to hydrolysis) is 3. The number of carbonyl (C=O) groups is 9. The Kier molecular flexibility index (Phi) is 62.1. The molecule has 3 amide bonds. The van der Waals surface area contributed by atoms with Crippen molar-refractivity contribution in [2.75, 3.05) is 33.0 Å². The number of ether oxygens (including phenoxy) is 6. The summed E-state index contributed by atoms with van der Waals surface area (Å²) in [4.78, 5) is 120. The summed E-state index contributed by atoms with van der Waals surface area (Å²) in [7, 11) is 0.412. The minimum absolute atomic E-state index is 0. The zero-order valence-electron chi connectivity index (χ0n) is 74.9. The summed E-state index contributed by atoms with van der Waals surface area (Å²) in [5, 5.41) is 51.6. The largest absolute Gasteiger partial charge is 1.00 e. The molecule has 0 radical (unpaired) electrons. The Morgan fingerprint density at radius 2 is 0.669 bits per heavy atom. The SMILES string of the molecule is C.CC(C)(C)OC(=O)N[C@H](Cc1ccc(C(F)(F)F)nc1)C(=O)O.COC(=O)[C@@H](CI)NC(=O)OC(C)(C)C.COC(=O)[C@@H](Cc1ccc(C(F)(F)F)nc1)NC(=O)OC(C)(C)C.Cl.FC(F)(F)c1ccc(Br)cn1.N[C@H](Cc1ccc(C(F)(F)F)nc1)C(=O)O.O=C(O)[C@H](O)Cc1ccc(C(F)(F)F)nc1.O=C(OCc1ccccc1)[C@H](O)Cc1ccc(C(F)(F)F)nc1.[2H]CF.[2H]CF.[Na+].[OH-]. The molecule has 0 aliphatic rings. The smallest absolute Gasteiger partial charge is 0.870 e. The first-order chi connectivity index (χ1) is 61.4. The number of alkyl halides is 21. The number of aliphatic carboxylic acids is 3. The fraction of sp³-hybridized carbons (Fsp3) is 0.444. The molecule has 6 heterocycles. The summed E-state index contributed by atoms with van der Waals surface area (Å²) in [5.74, 6) is -6.04. The topological polar surface area (TPSA) is 480 Å². The van der Waals surface area contributed by atoms with Crippen molar-refractivity contribution >= 4 is 105 Å². The van der Waals surface area contributed by atoms with Crippen LogP contribution in [0.5, 0.6) is 0 Å². The molecule has 1 aromatic carbocycles. The average molecular weight is 2190 g/mol. The number of pyridine rings is 6. The molecule has 7 rings (SSSR count). The zero-order valence-corrected chi connectivity index (χ0v) is 79.5. The molecular formula is C81H98BrClF20IN10NaO21. The van der Waals surface area contributed by atoms with Gasteiger partial charge in [-0.2, -0.15) is 79.0 Å². The number of nitrogens with zero attached hydrogens (tertiary/aromatic N) is 6. The summed E-state index contributed by atoms with van der Waals surface area (Å²) in [6.45, 7) is 15.1. The van der Waals surface area contributed by atoms with Crippen LogP contribution in [0.2, 0.25) is 0 Å². The number of rotatable bonds is 22. The molecule has 0 unspecified atom stereocenters. The maximum absolute atomic E-state index is 12.5. The van der Waals surface area contributed by atoms with Gasteiger partial charge < -0.3 is 81.1 Å². The molecule has 31 nitrogen and oxygen atoms in total. The third-order valence-corrected chi connectivity index (χ3v) is 15.7. The number of carbonyl (C=O) groups excluding carboxylic acids is 6. The van der Waals surface area contributed by atoms with Crippen LogP contribution in [-0.4, -0.2) is 201 Å². The van der Waals surface area contributed by atoms with Gasteiger partial charge >= 0.3 is 121 Å². The van der Waals surface area contributed by atoms with Crippen molar-refractivity contribution in [1.82, 2.24) is 45.9 Å². The van der Waals surface area contributed by atoms with Gasteiger partial charge in [0.2, 0.25) is 0 Å². The second-order valence-electron chi connectivity index (χ2n) is 28.7. The monoisotopic (exact) mass is 2190 g/mol. The standard InChI is InChI=1S/C16H14F3NO3.C15H19F3N2O4.C14H17F3N2O4.C9H9F3N2O2.C9H8F3NO3.C9H16INO4.C6H3BrF3N.2CH3F.CH4.ClH.Na.H2O/c17-16(18,19)14-7-6-12(9-20-14)8-13(21)15(22)23-10-11-4-2-1-3-5-11;1-14(2,3)24-13(22)20-10(12(21)23-4)7-9-5-6-11(19-8-9)15(16,17)18;1-13(2,3)23-12(22)19-9(11(20)21)6-8-4-5-10(18-7-8)14(15,16)17;10-9(11,12)7-2-1-5(4-14-7)3-6(13)8(15)16;10-9(11,12)7-2-1-5(4-13-7)3-6(14)8(15)16;1-9(2,3)15-8(13)11-6(5-10)7(12)14-4;7-4-1-2-5(11-3-4)6(8,9)10;2*1-2;;;;/h1-7,9,13,21H,8,10H2;5-6,8,10H,7H2,1-4H3,(H,20,22);4-5,7,9H,6H2,1-3H3,(H,19,22)(H,20,21);1-2,4,6H,3,13H2,(H,15,16);1-2,4,6,14H,3H2,(H,15,16);6H,5H2,1-4H3,(H,11,13);1-3H;2*1H3;1H4;1H;;1H2/q;;;;;;;;;;;+1;/p-1/t13-;10-;9-;3*6-;;;;;;;/m111111......./s1/i;;;;;;;2*1D;;;;. The molecule has 0 saturated heterocycles. The second-order valence-corrected chi connectivity index (χ2v) is 30.5. The van der Waals surface area contributed by atoms with E-state index >= 15 is 0 Å². The van der Waals surface area contributed by atoms with Crippen LogP contribution in [0.3, 0.4) is 0 Å². The van der Waals surface area contributed by atoms with Crippen molar-refractivity contribution in [3.05, 3.63) is 212 Å². The van der Waals surface area contributed by atoms with Crippen LogP contribution >= 0.6 is 50.9 Å². The number of aliphatic hydroxyl groups excluding tert-OH is 2. The van der Waals surface area contributed by atoms with Crippen LogP contribution in [-0.2, 0) is 133 Å². The maximum Gasteiger partial charge on any atom is 1.00 e. The van der Waals surface area contributed by atoms with Crippen LogP contribution in [0.15, 0.2) is 145 Å². The molecule has 6 atom stereocenters. The number of aliphatic hydroxyl groups is 2. The number of carboxylic acid groups (broad SMARTS) is 3. The Bertz CT molecular complexity index is 4630. The molecular weight excluding hydrogens is 2090 g/mol. The van der Waals surface area contributed by atoms with Crippen molar-refractivity contribution in [2.45, 2.75) is 199 Å². The molecule has 0 aliphatic carbocycles. The minimum Gasteiger partial charge on any atom is -0.870 e. The second kappa shape index (κ2) is 64.0. The molecule has 760 valence electrons. The fourth-order valence-corrected chi connectivity index (χ4v) is 9.36. The maximum atomic E-state index is 12.5. The Hall–Kier alpha value is -10.3. The van der Waals surface area contributed by atoms with Gasteiger partial charge in [0, 0.05) is 71.8 Å². The molecule has 6 aromatic heterocycles. The van der Waals surface area contributed by atoms with Crippen molar-refractivity contribution < 1.29 is 223 Å². The minimum atomic E-state index is -4.57. The normalized spacial score (nSPS) is 12.5. The Balaban J connectivity index is -0.000000367. The number of esters is 3. The van der Waals surface area contributed by atoms with Gasteiger partial charge in [-0.1, -0.05) is 90.7 Å². The van der Waals surface area contributed by atoms with Crippen LogP contribution in [0.4, 0.5) is 102 Å². The Morgan fingerprint density at radius 1 is 0.404 bits per heavy atom. The quantitative estimate of drug-likeness (QED) is 0.00760. The first-order valence-electron chi connectivity index (χ1n) is 38.0. The molecule has 55 heteroatoms. The number of hydrogen-bond donors (Lipinski definition) is 9. The zero-order chi connectivity index (χ0) is 104. The number of nitrogens with two attached hydrogens (primary N) is 1. The number of benzene rings is 1. The Morgan fingerprint density at radius 3 is 0.919 bits per heavy atom.